The second-order valence-corrected chi connectivity index (χ2v) is 12.0. The monoisotopic (exact) mass is 585 g/mol. The fourth-order valence-electron chi connectivity index (χ4n) is 4.84. The number of carbonyl (C=O) groups excluding carboxylic acids is 1. The lowest BCUT2D eigenvalue weighted by Gasteiger charge is -2.25. The predicted octanol–water partition coefficient (Wildman–Crippen LogP) is 6.44. The number of rotatable bonds is 7. The fraction of sp³-hybridized carbons (Fsp3) is 0.242. The number of halogens is 1. The van der Waals surface area contributed by atoms with E-state index in [-0.39, 0.29) is 17.6 Å². The zero-order valence-corrected chi connectivity index (χ0v) is 25.2. The predicted molar refractivity (Wildman–Crippen MR) is 167 cm³/mol. The quantitative estimate of drug-likeness (QED) is 0.271. The van der Waals surface area contributed by atoms with Gasteiger partial charge in [-0.3, -0.25) is 14.2 Å². The Hall–Kier alpha value is -3.94. The van der Waals surface area contributed by atoms with Crippen LogP contribution in [0.4, 0.5) is 5.69 Å². The standard InChI is InChI=1S/C33H32ClN3O3S/c1-19(2)22-11-13-23(14-12-22)30-29(31(38)36-26-9-7-6-8-10-26)21(5)35-33-37(30)32(39)28(41-33)18-24-17-25(34)15-16-27(24)40-20(3)4/h6-20,30H,1-5H3,(H,36,38)/b28-18+/t30-/m1/s1. The smallest absolute Gasteiger partial charge is 0.271 e. The van der Waals surface area contributed by atoms with E-state index in [9.17, 15) is 9.59 Å². The third-order valence-corrected chi connectivity index (χ3v) is 8.06. The molecule has 0 saturated heterocycles. The Bertz CT molecular complexity index is 1800. The number of aromatic nitrogens is 1. The highest BCUT2D eigenvalue weighted by Gasteiger charge is 2.32. The summed E-state index contributed by atoms with van der Waals surface area (Å²) in [7, 11) is 0. The van der Waals surface area contributed by atoms with Crippen LogP contribution in [0.2, 0.25) is 5.02 Å². The van der Waals surface area contributed by atoms with Crippen LogP contribution in [-0.4, -0.2) is 16.6 Å². The number of ether oxygens (including phenoxy) is 1. The van der Waals surface area contributed by atoms with E-state index in [1.54, 1.807) is 28.8 Å². The van der Waals surface area contributed by atoms with Crippen molar-refractivity contribution < 1.29 is 9.53 Å². The minimum atomic E-state index is -0.649. The maximum absolute atomic E-state index is 14.1. The first-order valence-corrected chi connectivity index (χ1v) is 14.8. The van der Waals surface area contributed by atoms with E-state index in [4.69, 9.17) is 21.3 Å². The van der Waals surface area contributed by atoms with E-state index >= 15 is 0 Å². The maximum Gasteiger partial charge on any atom is 0.271 e. The van der Waals surface area contributed by atoms with Gasteiger partial charge in [-0.1, -0.05) is 79.2 Å². The Morgan fingerprint density at radius 2 is 1.76 bits per heavy atom. The molecule has 1 atom stereocenters. The van der Waals surface area contributed by atoms with Crippen LogP contribution >= 0.6 is 22.9 Å². The molecule has 4 aromatic rings. The van der Waals surface area contributed by atoms with Crippen molar-refractivity contribution in [1.29, 1.82) is 0 Å². The number of carbonyl (C=O) groups is 1. The van der Waals surface area contributed by atoms with Crippen LogP contribution in [0.1, 0.15) is 63.3 Å². The number of thiazole rings is 1. The maximum atomic E-state index is 14.1. The molecule has 5 rings (SSSR count). The highest BCUT2D eigenvalue weighted by molar-refractivity contribution is 7.07. The number of para-hydroxylation sites is 1. The van der Waals surface area contributed by atoms with E-state index in [1.807, 2.05) is 63.2 Å². The number of fused-ring (bicyclic) bond motifs is 1. The largest absolute Gasteiger partial charge is 0.490 e. The molecule has 1 aliphatic rings. The van der Waals surface area contributed by atoms with Crippen molar-refractivity contribution in [1.82, 2.24) is 4.57 Å². The molecule has 0 bridgehead atoms. The van der Waals surface area contributed by atoms with Gasteiger partial charge in [0.2, 0.25) is 0 Å². The van der Waals surface area contributed by atoms with Gasteiger partial charge in [0.25, 0.3) is 11.5 Å². The van der Waals surface area contributed by atoms with Crippen molar-refractivity contribution in [3.05, 3.63) is 125 Å². The van der Waals surface area contributed by atoms with Crippen LogP contribution in [0.25, 0.3) is 6.08 Å². The number of benzene rings is 3. The summed E-state index contributed by atoms with van der Waals surface area (Å²) in [5.74, 6) is 0.686. The fourth-order valence-corrected chi connectivity index (χ4v) is 6.06. The third kappa shape index (κ3) is 6.06. The van der Waals surface area contributed by atoms with Crippen molar-refractivity contribution in [2.24, 2.45) is 4.99 Å². The molecule has 0 unspecified atom stereocenters. The molecule has 1 aliphatic heterocycles. The van der Waals surface area contributed by atoms with Gasteiger partial charge in [0.1, 0.15) is 5.75 Å². The Kier molecular flexibility index (Phi) is 8.29. The van der Waals surface area contributed by atoms with Crippen LogP contribution < -0.4 is 24.9 Å². The van der Waals surface area contributed by atoms with Crippen LogP contribution in [0.15, 0.2) is 93.9 Å². The molecule has 1 amide bonds. The number of nitrogens with zero attached hydrogens (tertiary/aromatic N) is 2. The summed E-state index contributed by atoms with van der Waals surface area (Å²) in [6.07, 6.45) is 1.74. The Morgan fingerprint density at radius 1 is 1.05 bits per heavy atom. The van der Waals surface area contributed by atoms with Gasteiger partial charge in [0, 0.05) is 16.3 Å². The summed E-state index contributed by atoms with van der Waals surface area (Å²) in [5.41, 5.74) is 4.14. The average Bonchev–Trinajstić information content (AvgIpc) is 3.23. The summed E-state index contributed by atoms with van der Waals surface area (Å²) in [5, 5.41) is 3.53. The van der Waals surface area contributed by atoms with Crippen molar-refractivity contribution in [3.8, 4) is 5.75 Å². The van der Waals surface area contributed by atoms with Crippen LogP contribution in [-0.2, 0) is 4.79 Å². The van der Waals surface area contributed by atoms with Gasteiger partial charge in [-0.2, -0.15) is 0 Å². The second kappa shape index (κ2) is 11.9. The first-order chi connectivity index (χ1) is 19.6. The van der Waals surface area contributed by atoms with Gasteiger partial charge in [-0.25, -0.2) is 4.99 Å². The number of allylic oxidation sites excluding steroid dienone is 1. The van der Waals surface area contributed by atoms with Crippen molar-refractivity contribution >= 4 is 40.6 Å². The second-order valence-electron chi connectivity index (χ2n) is 10.6. The molecule has 0 radical (unpaired) electrons. The molecular formula is C33H32ClN3O3S. The van der Waals surface area contributed by atoms with Crippen molar-refractivity contribution in [3.63, 3.8) is 0 Å². The zero-order valence-electron chi connectivity index (χ0n) is 23.6. The van der Waals surface area contributed by atoms with Crippen molar-refractivity contribution in [2.75, 3.05) is 5.32 Å². The molecule has 0 fully saturated rings. The molecule has 1 aromatic heterocycles. The molecule has 8 heteroatoms. The lowest BCUT2D eigenvalue weighted by molar-refractivity contribution is -0.113. The lowest BCUT2D eigenvalue weighted by Crippen LogP contribution is -2.40. The Balaban J connectivity index is 1.68. The van der Waals surface area contributed by atoms with E-state index in [2.05, 4.69) is 31.3 Å². The molecule has 0 saturated carbocycles. The molecule has 0 spiro atoms. The average molecular weight is 586 g/mol. The number of amides is 1. The van der Waals surface area contributed by atoms with Gasteiger partial charge in [0.15, 0.2) is 4.80 Å². The highest BCUT2D eigenvalue weighted by atomic mass is 35.5. The Morgan fingerprint density at radius 3 is 2.41 bits per heavy atom. The minimum Gasteiger partial charge on any atom is -0.490 e. The molecule has 1 N–H and O–H groups in total. The van der Waals surface area contributed by atoms with Crippen LogP contribution in [0.5, 0.6) is 5.75 Å². The third-order valence-electron chi connectivity index (χ3n) is 6.84. The number of anilines is 1. The van der Waals surface area contributed by atoms with Gasteiger partial charge in [-0.05, 0) is 74.2 Å². The summed E-state index contributed by atoms with van der Waals surface area (Å²) in [6, 6.07) is 22.1. The molecule has 210 valence electrons. The minimum absolute atomic E-state index is 0.0494. The molecule has 41 heavy (non-hydrogen) atoms. The van der Waals surface area contributed by atoms with Gasteiger partial charge < -0.3 is 10.1 Å². The Labute approximate surface area is 248 Å². The summed E-state index contributed by atoms with van der Waals surface area (Å²) in [6.45, 7) is 9.98. The SMILES string of the molecule is CC1=C(C(=O)Nc2ccccc2)[C@@H](c2ccc(C(C)C)cc2)n2c(s/c(=C/c3cc(Cl)ccc3OC(C)C)c2=O)=N1. The molecule has 6 nitrogen and oxygen atoms in total. The van der Waals surface area contributed by atoms with Crippen LogP contribution in [0.3, 0.4) is 0 Å². The number of hydrogen-bond acceptors (Lipinski definition) is 5. The summed E-state index contributed by atoms with van der Waals surface area (Å²) < 4.78 is 8.08. The van der Waals surface area contributed by atoms with E-state index in [0.717, 1.165) is 5.56 Å². The first-order valence-electron chi connectivity index (χ1n) is 13.6. The normalized spacial score (nSPS) is 15.2. The van der Waals surface area contributed by atoms with Crippen molar-refractivity contribution in [2.45, 2.75) is 52.7 Å². The van der Waals surface area contributed by atoms with Crippen LogP contribution in [0, 0.1) is 0 Å². The number of nitrogens with one attached hydrogen (secondary N) is 1. The topological polar surface area (TPSA) is 72.7 Å². The molecule has 0 aliphatic carbocycles. The number of hydrogen-bond donors (Lipinski definition) is 1. The van der Waals surface area contributed by atoms with E-state index in [1.165, 1.54) is 16.9 Å². The van der Waals surface area contributed by atoms with E-state index < -0.39 is 6.04 Å². The van der Waals surface area contributed by atoms with E-state index in [0.29, 0.717) is 48.5 Å². The highest BCUT2D eigenvalue weighted by Crippen LogP contribution is 2.32. The lowest BCUT2D eigenvalue weighted by atomic mass is 9.93. The summed E-state index contributed by atoms with van der Waals surface area (Å²) in [4.78, 5) is 33.1. The van der Waals surface area contributed by atoms with Gasteiger partial charge in [0.05, 0.1) is 27.9 Å². The van der Waals surface area contributed by atoms with Gasteiger partial charge >= 0.3 is 0 Å². The zero-order chi connectivity index (χ0) is 29.3. The van der Waals surface area contributed by atoms with Gasteiger partial charge in [-0.15, -0.1) is 0 Å². The molecule has 2 heterocycles. The first kappa shape index (κ1) is 28.6. The molecular weight excluding hydrogens is 554 g/mol. The molecule has 3 aromatic carbocycles. The summed E-state index contributed by atoms with van der Waals surface area (Å²) >= 11 is 7.59.